The predicted octanol–water partition coefficient (Wildman–Crippen LogP) is 3.74. The maximum Gasteiger partial charge on any atom is 0.235 e. The lowest BCUT2D eigenvalue weighted by Crippen LogP contribution is -2.25. The summed E-state index contributed by atoms with van der Waals surface area (Å²) in [6.45, 7) is 3.14. The Bertz CT molecular complexity index is 886. The summed E-state index contributed by atoms with van der Waals surface area (Å²) in [6, 6.07) is 13.3. The van der Waals surface area contributed by atoms with E-state index in [-0.39, 0.29) is 11.8 Å². The van der Waals surface area contributed by atoms with Crippen LogP contribution < -0.4 is 14.4 Å². The third-order valence-corrected chi connectivity index (χ3v) is 6.86. The Kier molecular flexibility index (Phi) is 5.75. The average Bonchev–Trinajstić information content (AvgIpc) is 2.99. The largest absolute Gasteiger partial charge is 0.496 e. The van der Waals surface area contributed by atoms with Crippen LogP contribution in [0.2, 0.25) is 5.02 Å². The highest BCUT2D eigenvalue weighted by Crippen LogP contribution is 2.29. The molecule has 5 nitrogen and oxygen atoms in total. The van der Waals surface area contributed by atoms with E-state index in [0.717, 1.165) is 22.6 Å². The summed E-state index contributed by atoms with van der Waals surface area (Å²) in [5, 5.41) is 4.09. The lowest BCUT2D eigenvalue weighted by atomic mass is 10.1. The number of benzene rings is 2. The second-order valence-electron chi connectivity index (χ2n) is 6.36. The molecule has 1 aliphatic rings. The summed E-state index contributed by atoms with van der Waals surface area (Å²) in [6.07, 6.45) is 0.673. The van der Waals surface area contributed by atoms with Crippen LogP contribution in [-0.2, 0) is 16.6 Å². The van der Waals surface area contributed by atoms with E-state index < -0.39 is 10.0 Å². The second kappa shape index (κ2) is 7.86. The van der Waals surface area contributed by atoms with Gasteiger partial charge < -0.3 is 10.1 Å². The van der Waals surface area contributed by atoms with Crippen molar-refractivity contribution in [2.45, 2.75) is 25.9 Å². The highest BCUT2D eigenvalue weighted by atomic mass is 35.5. The van der Waals surface area contributed by atoms with Crippen LogP contribution in [0.3, 0.4) is 0 Å². The Labute approximate surface area is 160 Å². The number of sulfonamides is 1. The van der Waals surface area contributed by atoms with E-state index in [2.05, 4.69) is 5.32 Å². The molecule has 1 unspecified atom stereocenters. The number of methoxy groups -OCH3 is 1. The number of halogens is 1. The highest BCUT2D eigenvalue weighted by molar-refractivity contribution is 7.93. The average molecular weight is 395 g/mol. The van der Waals surface area contributed by atoms with Gasteiger partial charge in [-0.15, -0.1) is 0 Å². The van der Waals surface area contributed by atoms with Crippen LogP contribution >= 0.6 is 11.6 Å². The first-order chi connectivity index (χ1) is 12.4. The number of nitrogens with one attached hydrogen (secondary N) is 1. The van der Waals surface area contributed by atoms with E-state index in [4.69, 9.17) is 16.3 Å². The summed E-state index contributed by atoms with van der Waals surface area (Å²) in [4.78, 5) is 0. The fraction of sp³-hybridized carbons (Fsp3) is 0.368. The topological polar surface area (TPSA) is 58.6 Å². The van der Waals surface area contributed by atoms with Crippen molar-refractivity contribution in [3.8, 4) is 5.75 Å². The van der Waals surface area contributed by atoms with Gasteiger partial charge in [0.05, 0.1) is 18.6 Å². The second-order valence-corrected chi connectivity index (χ2v) is 8.78. The third-order valence-electron chi connectivity index (χ3n) is 4.64. The maximum absolute atomic E-state index is 12.1. The summed E-state index contributed by atoms with van der Waals surface area (Å²) < 4.78 is 31.2. The third kappa shape index (κ3) is 3.98. The highest BCUT2D eigenvalue weighted by Gasteiger charge is 2.28. The van der Waals surface area contributed by atoms with Crippen molar-refractivity contribution in [3.63, 3.8) is 0 Å². The van der Waals surface area contributed by atoms with Crippen LogP contribution in [0.15, 0.2) is 42.5 Å². The van der Waals surface area contributed by atoms with Gasteiger partial charge in [-0.3, -0.25) is 4.31 Å². The predicted molar refractivity (Wildman–Crippen MR) is 105 cm³/mol. The van der Waals surface area contributed by atoms with Crippen molar-refractivity contribution in [2.24, 2.45) is 0 Å². The van der Waals surface area contributed by atoms with Gasteiger partial charge in [-0.05, 0) is 43.2 Å². The minimum absolute atomic E-state index is 0.0289. The van der Waals surface area contributed by atoms with Gasteiger partial charge in [-0.2, -0.15) is 0 Å². The molecule has 0 aromatic heterocycles. The lowest BCUT2D eigenvalue weighted by Gasteiger charge is -2.20. The summed E-state index contributed by atoms with van der Waals surface area (Å²) in [7, 11) is -1.55. The zero-order valence-corrected chi connectivity index (χ0v) is 16.5. The first-order valence-corrected chi connectivity index (χ1v) is 10.6. The molecule has 1 saturated heterocycles. The molecule has 1 fully saturated rings. The minimum atomic E-state index is -3.17. The van der Waals surface area contributed by atoms with Crippen LogP contribution in [0.1, 0.15) is 30.5 Å². The molecule has 2 aromatic carbocycles. The normalized spacial score (nSPS) is 17.3. The first kappa shape index (κ1) is 19.0. The molecule has 140 valence electrons. The molecule has 1 N–H and O–H groups in total. The van der Waals surface area contributed by atoms with Crippen molar-refractivity contribution >= 4 is 27.3 Å². The standard InChI is InChI=1S/C19H23ClN2O3S/c1-14(21-13-17-18(20)8-4-9-19(17)25-2)15-6-3-7-16(12-15)22-10-5-11-26(22,23)24/h3-4,6-9,12,14,21H,5,10-11,13H2,1-2H3. The molecule has 0 aliphatic carbocycles. The van der Waals surface area contributed by atoms with Gasteiger partial charge in [0, 0.05) is 29.7 Å². The summed E-state index contributed by atoms with van der Waals surface area (Å²) >= 11 is 6.29. The van der Waals surface area contributed by atoms with Gasteiger partial charge >= 0.3 is 0 Å². The van der Waals surface area contributed by atoms with E-state index >= 15 is 0 Å². The van der Waals surface area contributed by atoms with Crippen LogP contribution in [0.25, 0.3) is 0 Å². The Hall–Kier alpha value is -1.76. The molecule has 1 atom stereocenters. The lowest BCUT2D eigenvalue weighted by molar-refractivity contribution is 0.406. The number of anilines is 1. The molecule has 0 amide bonds. The molecule has 1 aliphatic heterocycles. The van der Waals surface area contributed by atoms with E-state index in [1.54, 1.807) is 7.11 Å². The number of hydrogen-bond acceptors (Lipinski definition) is 4. The van der Waals surface area contributed by atoms with Gasteiger partial charge in [-0.1, -0.05) is 29.8 Å². The zero-order chi connectivity index (χ0) is 18.7. The molecule has 2 aromatic rings. The molecule has 0 spiro atoms. The maximum atomic E-state index is 12.1. The minimum Gasteiger partial charge on any atom is -0.496 e. The van der Waals surface area contributed by atoms with Crippen LogP contribution in [0.4, 0.5) is 5.69 Å². The summed E-state index contributed by atoms with van der Waals surface area (Å²) in [5.74, 6) is 0.964. The van der Waals surface area contributed by atoms with Crippen molar-refractivity contribution in [3.05, 3.63) is 58.6 Å². The number of ether oxygens (including phenoxy) is 1. The Morgan fingerprint density at radius 1 is 1.27 bits per heavy atom. The molecule has 7 heteroatoms. The van der Waals surface area contributed by atoms with Crippen LogP contribution in [-0.4, -0.2) is 27.8 Å². The van der Waals surface area contributed by atoms with Crippen LogP contribution in [0, 0.1) is 0 Å². The number of nitrogens with zero attached hydrogens (tertiary/aromatic N) is 1. The van der Waals surface area contributed by atoms with Crippen molar-refractivity contribution in [1.82, 2.24) is 5.32 Å². The smallest absolute Gasteiger partial charge is 0.235 e. The van der Waals surface area contributed by atoms with E-state index in [9.17, 15) is 8.42 Å². The number of hydrogen-bond donors (Lipinski definition) is 1. The van der Waals surface area contributed by atoms with Gasteiger partial charge in [0.25, 0.3) is 0 Å². The van der Waals surface area contributed by atoms with Gasteiger partial charge in [-0.25, -0.2) is 8.42 Å². The Morgan fingerprint density at radius 3 is 2.73 bits per heavy atom. The van der Waals surface area contributed by atoms with E-state index in [1.165, 1.54) is 4.31 Å². The monoisotopic (exact) mass is 394 g/mol. The van der Waals surface area contributed by atoms with Gasteiger partial charge in [0.1, 0.15) is 5.75 Å². The van der Waals surface area contributed by atoms with Crippen molar-refractivity contribution in [2.75, 3.05) is 23.7 Å². The fourth-order valence-corrected chi connectivity index (χ4v) is 4.94. The number of rotatable bonds is 6. The Balaban J connectivity index is 1.75. The van der Waals surface area contributed by atoms with E-state index in [1.807, 2.05) is 49.4 Å². The molecule has 3 rings (SSSR count). The Morgan fingerprint density at radius 2 is 2.04 bits per heavy atom. The van der Waals surface area contributed by atoms with Crippen molar-refractivity contribution < 1.29 is 13.2 Å². The molecule has 26 heavy (non-hydrogen) atoms. The molecule has 1 heterocycles. The van der Waals surface area contributed by atoms with Gasteiger partial charge in [0.15, 0.2) is 0 Å². The quantitative estimate of drug-likeness (QED) is 0.810. The molecular formula is C19H23ClN2O3S. The summed E-state index contributed by atoms with van der Waals surface area (Å²) in [5.41, 5.74) is 2.65. The van der Waals surface area contributed by atoms with Gasteiger partial charge in [0.2, 0.25) is 10.0 Å². The molecule has 0 radical (unpaired) electrons. The zero-order valence-electron chi connectivity index (χ0n) is 14.9. The van der Waals surface area contributed by atoms with Crippen LogP contribution in [0.5, 0.6) is 5.75 Å². The first-order valence-electron chi connectivity index (χ1n) is 8.57. The SMILES string of the molecule is COc1cccc(Cl)c1CNC(C)c1cccc(N2CCCS2(=O)=O)c1. The molecular weight excluding hydrogens is 372 g/mol. The molecule has 0 bridgehead atoms. The fourth-order valence-electron chi connectivity index (χ4n) is 3.15. The van der Waals surface area contributed by atoms with E-state index in [0.29, 0.717) is 24.5 Å². The van der Waals surface area contributed by atoms with Crippen molar-refractivity contribution in [1.29, 1.82) is 0 Å². The molecule has 0 saturated carbocycles.